The van der Waals surface area contributed by atoms with Crippen LogP contribution in [0.5, 0.6) is 0 Å². The molecule has 1 fully saturated rings. The van der Waals surface area contributed by atoms with Gasteiger partial charge in [-0.2, -0.15) is 11.8 Å². The van der Waals surface area contributed by atoms with E-state index in [9.17, 15) is 0 Å². The maximum Gasteiger partial charge on any atom is 0.0986 e. The Morgan fingerprint density at radius 2 is 2.31 bits per heavy atom. The van der Waals surface area contributed by atoms with Crippen LogP contribution < -0.4 is 0 Å². The van der Waals surface area contributed by atoms with E-state index < -0.39 is 0 Å². The molecule has 0 aromatic rings. The van der Waals surface area contributed by atoms with Crippen LogP contribution in [0.3, 0.4) is 0 Å². The molecule has 13 heavy (non-hydrogen) atoms. The van der Waals surface area contributed by atoms with Crippen molar-refractivity contribution in [2.24, 2.45) is 5.92 Å². The molecule has 1 aliphatic heterocycles. The zero-order chi connectivity index (χ0) is 9.52. The van der Waals surface area contributed by atoms with Crippen LogP contribution >= 0.6 is 11.8 Å². The van der Waals surface area contributed by atoms with Crippen LogP contribution in [-0.2, 0) is 4.74 Å². The van der Waals surface area contributed by atoms with Gasteiger partial charge in [0.05, 0.1) is 12.4 Å². The molecule has 0 radical (unpaired) electrons. The molecule has 0 aromatic heterocycles. The molecule has 0 spiro atoms. The highest BCUT2D eigenvalue weighted by molar-refractivity contribution is 7.99. The van der Waals surface area contributed by atoms with E-state index in [0.29, 0.717) is 6.10 Å². The van der Waals surface area contributed by atoms with Crippen LogP contribution in [0.15, 0.2) is 12.3 Å². The van der Waals surface area contributed by atoms with Crippen molar-refractivity contribution >= 4 is 11.8 Å². The van der Waals surface area contributed by atoms with E-state index in [-0.39, 0.29) is 0 Å². The highest BCUT2D eigenvalue weighted by Gasteiger charge is 2.19. The molecule has 0 bridgehead atoms. The van der Waals surface area contributed by atoms with Gasteiger partial charge in [-0.3, -0.25) is 0 Å². The first-order valence-corrected chi connectivity index (χ1v) is 6.34. The van der Waals surface area contributed by atoms with E-state index in [4.69, 9.17) is 4.74 Å². The van der Waals surface area contributed by atoms with Crippen LogP contribution in [0.25, 0.3) is 0 Å². The molecule has 1 aliphatic rings. The van der Waals surface area contributed by atoms with E-state index in [1.54, 1.807) is 0 Å². The second-order valence-corrected chi connectivity index (χ2v) is 4.79. The summed E-state index contributed by atoms with van der Waals surface area (Å²) in [5.41, 5.74) is 0. The van der Waals surface area contributed by atoms with Crippen molar-refractivity contribution < 1.29 is 4.74 Å². The van der Waals surface area contributed by atoms with Crippen LogP contribution in [-0.4, -0.2) is 17.6 Å². The average Bonchev–Trinajstić information content (AvgIpc) is 2.42. The number of hydrogen-bond acceptors (Lipinski definition) is 2. The summed E-state index contributed by atoms with van der Waals surface area (Å²) in [6.45, 7) is 4.19. The minimum atomic E-state index is 0.391. The van der Waals surface area contributed by atoms with Gasteiger partial charge < -0.3 is 4.74 Å². The number of rotatable bonds is 3. The maximum atomic E-state index is 5.59. The number of thioether (sulfide) groups is 1. The first kappa shape index (κ1) is 11.0. The fourth-order valence-corrected chi connectivity index (χ4v) is 2.93. The van der Waals surface area contributed by atoms with Gasteiger partial charge in [-0.25, -0.2) is 0 Å². The number of hydrogen-bond donors (Lipinski definition) is 0. The molecule has 1 saturated heterocycles. The molecule has 1 heterocycles. The van der Waals surface area contributed by atoms with Gasteiger partial charge in [0, 0.05) is 5.92 Å². The van der Waals surface area contributed by atoms with Crippen molar-refractivity contribution in [3.63, 3.8) is 0 Å². The zero-order valence-corrected chi connectivity index (χ0v) is 9.48. The largest absolute Gasteiger partial charge is 0.498 e. The Morgan fingerprint density at radius 1 is 1.46 bits per heavy atom. The molecule has 76 valence electrons. The Kier molecular flexibility index (Phi) is 5.37. The molecule has 0 aromatic carbocycles. The molecular formula is C11H20OS. The summed E-state index contributed by atoms with van der Waals surface area (Å²) in [4.78, 5) is 0. The Bertz CT molecular complexity index is 148. The summed E-state index contributed by atoms with van der Waals surface area (Å²) in [5.74, 6) is 3.37. The van der Waals surface area contributed by atoms with Crippen molar-refractivity contribution in [2.45, 2.75) is 39.2 Å². The van der Waals surface area contributed by atoms with Crippen molar-refractivity contribution in [3.05, 3.63) is 12.3 Å². The minimum absolute atomic E-state index is 0.391. The van der Waals surface area contributed by atoms with Crippen molar-refractivity contribution in [1.29, 1.82) is 0 Å². The van der Waals surface area contributed by atoms with E-state index in [2.05, 4.69) is 18.7 Å². The van der Waals surface area contributed by atoms with Gasteiger partial charge in [-0.05, 0) is 38.2 Å². The van der Waals surface area contributed by atoms with Crippen LogP contribution in [0.4, 0.5) is 0 Å². The number of ether oxygens (including phenoxy) is 1. The predicted molar refractivity (Wildman–Crippen MR) is 60.0 cm³/mol. The fraction of sp³-hybridized carbons (Fsp3) is 0.818. The standard InChI is InChI=1S/C11H20OS/c1-3-7-12-10(2)11-6-4-5-8-13-9-11/h3,7,10-11H,4-6,8-9H2,1-2H3/b7-3+. The normalized spacial score (nSPS) is 27.1. The highest BCUT2D eigenvalue weighted by atomic mass is 32.2. The van der Waals surface area contributed by atoms with Crippen molar-refractivity contribution in [2.75, 3.05) is 11.5 Å². The number of allylic oxidation sites excluding steroid dienone is 1. The fourth-order valence-electron chi connectivity index (χ4n) is 1.61. The SMILES string of the molecule is C/C=C/OC(C)C1CCCCSC1. The summed E-state index contributed by atoms with van der Waals surface area (Å²) < 4.78 is 5.59. The highest BCUT2D eigenvalue weighted by Crippen LogP contribution is 2.25. The van der Waals surface area contributed by atoms with Crippen LogP contribution in [0, 0.1) is 5.92 Å². The van der Waals surface area contributed by atoms with E-state index in [1.165, 1.54) is 30.8 Å². The lowest BCUT2D eigenvalue weighted by atomic mass is 9.99. The molecule has 0 amide bonds. The summed E-state index contributed by atoms with van der Waals surface area (Å²) in [6.07, 6.45) is 8.27. The van der Waals surface area contributed by atoms with Crippen molar-refractivity contribution in [3.8, 4) is 0 Å². The lowest BCUT2D eigenvalue weighted by Gasteiger charge is -2.21. The monoisotopic (exact) mass is 200 g/mol. The summed E-state index contributed by atoms with van der Waals surface area (Å²) >= 11 is 2.08. The average molecular weight is 200 g/mol. The van der Waals surface area contributed by atoms with Gasteiger partial charge in [0.1, 0.15) is 0 Å². The Labute approximate surface area is 85.9 Å². The lowest BCUT2D eigenvalue weighted by molar-refractivity contribution is 0.107. The zero-order valence-electron chi connectivity index (χ0n) is 8.66. The Morgan fingerprint density at radius 3 is 3.08 bits per heavy atom. The Hall–Kier alpha value is -0.110. The van der Waals surface area contributed by atoms with Crippen molar-refractivity contribution in [1.82, 2.24) is 0 Å². The molecule has 2 heteroatoms. The quantitative estimate of drug-likeness (QED) is 0.645. The van der Waals surface area contributed by atoms with Gasteiger partial charge in [-0.15, -0.1) is 0 Å². The molecule has 1 rings (SSSR count). The first-order chi connectivity index (χ1) is 6.34. The second kappa shape index (κ2) is 6.36. The van der Waals surface area contributed by atoms with E-state index >= 15 is 0 Å². The van der Waals surface area contributed by atoms with Crippen LogP contribution in [0.2, 0.25) is 0 Å². The topological polar surface area (TPSA) is 9.23 Å². The summed E-state index contributed by atoms with van der Waals surface area (Å²) in [6, 6.07) is 0. The minimum Gasteiger partial charge on any atom is -0.498 e. The van der Waals surface area contributed by atoms with Gasteiger partial charge in [-0.1, -0.05) is 12.5 Å². The van der Waals surface area contributed by atoms with Gasteiger partial charge in [0.2, 0.25) is 0 Å². The third kappa shape index (κ3) is 4.08. The molecule has 0 saturated carbocycles. The van der Waals surface area contributed by atoms with Gasteiger partial charge in [0.15, 0.2) is 0 Å². The molecule has 1 nitrogen and oxygen atoms in total. The molecular weight excluding hydrogens is 180 g/mol. The molecule has 0 N–H and O–H groups in total. The molecule has 2 unspecified atom stereocenters. The van der Waals surface area contributed by atoms with Gasteiger partial charge in [0.25, 0.3) is 0 Å². The Balaban J connectivity index is 2.30. The maximum absolute atomic E-state index is 5.59. The third-order valence-corrected chi connectivity index (χ3v) is 3.78. The molecule has 0 aliphatic carbocycles. The second-order valence-electron chi connectivity index (χ2n) is 3.64. The first-order valence-electron chi connectivity index (χ1n) is 5.19. The summed E-state index contributed by atoms with van der Waals surface area (Å²) in [7, 11) is 0. The van der Waals surface area contributed by atoms with E-state index in [1.807, 2.05) is 19.3 Å². The molecule has 2 atom stereocenters. The summed E-state index contributed by atoms with van der Waals surface area (Å²) in [5, 5.41) is 0. The predicted octanol–water partition coefficient (Wildman–Crippen LogP) is 3.46. The lowest BCUT2D eigenvalue weighted by Crippen LogP contribution is -2.20. The van der Waals surface area contributed by atoms with Gasteiger partial charge >= 0.3 is 0 Å². The van der Waals surface area contributed by atoms with E-state index in [0.717, 1.165) is 5.92 Å². The van der Waals surface area contributed by atoms with Crippen LogP contribution in [0.1, 0.15) is 33.1 Å². The third-order valence-electron chi connectivity index (χ3n) is 2.54. The smallest absolute Gasteiger partial charge is 0.0986 e.